The molecule has 1 fully saturated rings. The topological polar surface area (TPSA) is 26.5 Å². The summed E-state index contributed by atoms with van der Waals surface area (Å²) in [4.78, 5) is 4.55. The lowest BCUT2D eigenvalue weighted by Gasteiger charge is -2.21. The van der Waals surface area contributed by atoms with Crippen LogP contribution in [0.3, 0.4) is 0 Å². The minimum Gasteiger partial charge on any atom is -0.381 e. The van der Waals surface area contributed by atoms with E-state index in [1.54, 1.807) is 0 Å². The van der Waals surface area contributed by atoms with Gasteiger partial charge in [-0.3, -0.25) is 0 Å². The fourth-order valence-corrected chi connectivity index (χ4v) is 2.53. The predicted octanol–water partition coefficient (Wildman–Crippen LogP) is 2.61. The fourth-order valence-electron chi connectivity index (χ4n) is 2.53. The summed E-state index contributed by atoms with van der Waals surface area (Å²) < 4.78 is 7.61. The molecule has 0 N–H and O–H groups in total. The Bertz CT molecular complexity index is 512. The first-order chi connectivity index (χ1) is 8.33. The Labute approximate surface area is 101 Å². The lowest BCUT2D eigenvalue weighted by Crippen LogP contribution is -2.18. The number of ether oxygens (including phenoxy) is 1. The molecule has 1 aliphatic rings. The maximum Gasteiger partial charge on any atom is 0.113 e. The molecule has 90 valence electrons. The van der Waals surface area contributed by atoms with Crippen LogP contribution >= 0.6 is 0 Å². The molecule has 2 aromatic rings. The van der Waals surface area contributed by atoms with E-state index in [0.717, 1.165) is 25.6 Å². The molecule has 0 amide bonds. The fraction of sp³-hybridized carbons (Fsp3) is 0.500. The van der Waals surface area contributed by atoms with Gasteiger partial charge in [-0.1, -0.05) is 0 Å². The van der Waals surface area contributed by atoms with E-state index < -0.39 is 0 Å². The van der Waals surface area contributed by atoms with Crippen molar-refractivity contribution < 1.29 is 4.74 Å². The Kier molecular flexibility index (Phi) is 2.85. The summed E-state index contributed by atoms with van der Waals surface area (Å²) in [6.07, 6.45) is 7.51. The van der Waals surface area contributed by atoms with Crippen LogP contribution in [0.5, 0.6) is 0 Å². The van der Waals surface area contributed by atoms with Crippen LogP contribution in [0.15, 0.2) is 24.5 Å². The van der Waals surface area contributed by atoms with E-state index in [-0.39, 0.29) is 0 Å². The molecule has 0 unspecified atom stereocenters. The van der Waals surface area contributed by atoms with Gasteiger partial charge in [-0.25, -0.2) is 4.98 Å². The van der Waals surface area contributed by atoms with Crippen molar-refractivity contribution in [1.82, 2.24) is 9.38 Å². The summed E-state index contributed by atoms with van der Waals surface area (Å²) in [7, 11) is 0. The molecule has 0 saturated carbocycles. The van der Waals surface area contributed by atoms with Gasteiger partial charge in [-0.05, 0) is 43.4 Å². The molecule has 0 atom stereocenters. The maximum atomic E-state index is 5.39. The highest BCUT2D eigenvalue weighted by atomic mass is 16.5. The minimum absolute atomic E-state index is 0.732. The third-order valence-electron chi connectivity index (χ3n) is 3.58. The summed E-state index contributed by atoms with van der Waals surface area (Å²) in [5.74, 6) is 1.92. The first-order valence-electron chi connectivity index (χ1n) is 6.33. The molecule has 3 nitrogen and oxygen atoms in total. The molecule has 3 rings (SSSR count). The van der Waals surface area contributed by atoms with E-state index in [1.807, 2.05) is 6.20 Å². The van der Waals surface area contributed by atoms with E-state index >= 15 is 0 Å². The summed E-state index contributed by atoms with van der Waals surface area (Å²) in [6.45, 7) is 3.94. The van der Waals surface area contributed by atoms with Crippen molar-refractivity contribution in [2.24, 2.45) is 5.92 Å². The molecule has 0 bridgehead atoms. The summed E-state index contributed by atoms with van der Waals surface area (Å²) >= 11 is 0. The molecule has 0 spiro atoms. The highest BCUT2D eigenvalue weighted by molar-refractivity contribution is 5.48. The largest absolute Gasteiger partial charge is 0.381 e. The van der Waals surface area contributed by atoms with Gasteiger partial charge in [0.1, 0.15) is 5.82 Å². The lowest BCUT2D eigenvalue weighted by atomic mass is 9.96. The minimum atomic E-state index is 0.732. The maximum absolute atomic E-state index is 5.39. The van der Waals surface area contributed by atoms with Crippen molar-refractivity contribution in [2.45, 2.75) is 26.2 Å². The van der Waals surface area contributed by atoms with Crippen molar-refractivity contribution in [3.8, 4) is 0 Å². The smallest absolute Gasteiger partial charge is 0.113 e. The third kappa shape index (κ3) is 2.20. The number of rotatable bonds is 2. The number of nitrogens with zero attached hydrogens (tertiary/aromatic N) is 2. The number of aromatic nitrogens is 2. The van der Waals surface area contributed by atoms with Gasteiger partial charge < -0.3 is 9.14 Å². The van der Waals surface area contributed by atoms with Crippen LogP contribution in [0.2, 0.25) is 0 Å². The standard InChI is InChI=1S/C14H18N2O/c1-11-2-5-16-13(8-11)10-15-14(16)9-12-3-6-17-7-4-12/h2,5,8,10,12H,3-4,6-7,9H2,1H3. The Balaban J connectivity index is 1.84. The van der Waals surface area contributed by atoms with Crippen molar-refractivity contribution in [2.75, 3.05) is 13.2 Å². The number of hydrogen-bond acceptors (Lipinski definition) is 2. The van der Waals surface area contributed by atoms with Gasteiger partial charge in [0.15, 0.2) is 0 Å². The first kappa shape index (κ1) is 10.8. The highest BCUT2D eigenvalue weighted by Gasteiger charge is 2.16. The normalized spacial score (nSPS) is 17.7. The van der Waals surface area contributed by atoms with Gasteiger partial charge in [0.25, 0.3) is 0 Å². The monoisotopic (exact) mass is 230 g/mol. The summed E-state index contributed by atoms with van der Waals surface area (Å²) in [5, 5.41) is 0. The molecule has 0 aliphatic carbocycles. The van der Waals surface area contributed by atoms with Gasteiger partial charge in [0, 0.05) is 25.8 Å². The van der Waals surface area contributed by atoms with Crippen LogP contribution in [0.4, 0.5) is 0 Å². The van der Waals surface area contributed by atoms with E-state index in [9.17, 15) is 0 Å². The van der Waals surface area contributed by atoms with Crippen molar-refractivity contribution in [1.29, 1.82) is 0 Å². The molecule has 1 aliphatic heterocycles. The quantitative estimate of drug-likeness (QED) is 0.792. The third-order valence-corrected chi connectivity index (χ3v) is 3.58. The Morgan fingerprint density at radius 3 is 3.06 bits per heavy atom. The molecular formula is C14H18N2O. The van der Waals surface area contributed by atoms with Gasteiger partial charge in [-0.15, -0.1) is 0 Å². The SMILES string of the molecule is Cc1ccn2c(CC3CCOCC3)ncc2c1. The Morgan fingerprint density at radius 1 is 1.41 bits per heavy atom. The molecule has 0 aromatic carbocycles. The van der Waals surface area contributed by atoms with Gasteiger partial charge >= 0.3 is 0 Å². The lowest BCUT2D eigenvalue weighted by molar-refractivity contribution is 0.0659. The van der Waals surface area contributed by atoms with Crippen LogP contribution in [-0.2, 0) is 11.2 Å². The van der Waals surface area contributed by atoms with E-state index in [0.29, 0.717) is 0 Å². The van der Waals surface area contributed by atoms with Gasteiger partial charge in [0.2, 0.25) is 0 Å². The highest BCUT2D eigenvalue weighted by Crippen LogP contribution is 2.20. The molecular weight excluding hydrogens is 212 g/mol. The van der Waals surface area contributed by atoms with Crippen molar-refractivity contribution in [3.05, 3.63) is 35.9 Å². The van der Waals surface area contributed by atoms with E-state index in [2.05, 4.69) is 34.6 Å². The molecule has 3 heteroatoms. The second kappa shape index (κ2) is 4.49. The molecule has 17 heavy (non-hydrogen) atoms. The van der Waals surface area contributed by atoms with Crippen molar-refractivity contribution >= 4 is 5.52 Å². The van der Waals surface area contributed by atoms with Crippen LogP contribution in [-0.4, -0.2) is 22.6 Å². The van der Waals surface area contributed by atoms with E-state index in [4.69, 9.17) is 4.74 Å². The zero-order chi connectivity index (χ0) is 11.7. The first-order valence-corrected chi connectivity index (χ1v) is 6.33. The number of fused-ring (bicyclic) bond motifs is 1. The number of hydrogen-bond donors (Lipinski definition) is 0. The average molecular weight is 230 g/mol. The second-order valence-electron chi connectivity index (χ2n) is 4.93. The number of pyridine rings is 1. The summed E-state index contributed by atoms with van der Waals surface area (Å²) in [6, 6.07) is 4.32. The van der Waals surface area contributed by atoms with Gasteiger partial charge in [-0.2, -0.15) is 0 Å². The van der Waals surface area contributed by atoms with Gasteiger partial charge in [0.05, 0.1) is 11.7 Å². The molecule has 0 radical (unpaired) electrons. The number of aryl methyl sites for hydroxylation is 1. The van der Waals surface area contributed by atoms with Crippen LogP contribution < -0.4 is 0 Å². The predicted molar refractivity (Wildman–Crippen MR) is 67.2 cm³/mol. The van der Waals surface area contributed by atoms with E-state index in [1.165, 1.54) is 29.7 Å². The molecule has 2 aromatic heterocycles. The molecule has 1 saturated heterocycles. The average Bonchev–Trinajstić information content (AvgIpc) is 2.73. The molecule has 3 heterocycles. The van der Waals surface area contributed by atoms with Crippen LogP contribution in [0.25, 0.3) is 5.52 Å². The van der Waals surface area contributed by atoms with Crippen LogP contribution in [0, 0.1) is 12.8 Å². The second-order valence-corrected chi connectivity index (χ2v) is 4.93. The van der Waals surface area contributed by atoms with Crippen molar-refractivity contribution in [3.63, 3.8) is 0 Å². The van der Waals surface area contributed by atoms with Crippen LogP contribution in [0.1, 0.15) is 24.2 Å². The Hall–Kier alpha value is -1.35. The zero-order valence-electron chi connectivity index (χ0n) is 10.2. The summed E-state index contributed by atoms with van der Waals surface area (Å²) in [5.41, 5.74) is 2.49. The Morgan fingerprint density at radius 2 is 2.24 bits per heavy atom. The number of imidazole rings is 1. The zero-order valence-corrected chi connectivity index (χ0v) is 10.2.